The van der Waals surface area contributed by atoms with Gasteiger partial charge in [0.05, 0.1) is 13.7 Å². The van der Waals surface area contributed by atoms with Crippen LogP contribution in [0.2, 0.25) is 0 Å². The summed E-state index contributed by atoms with van der Waals surface area (Å²) in [6.45, 7) is 1.97. The molecule has 2 aromatic carbocycles. The molecule has 0 aliphatic heterocycles. The number of rotatable bonds is 6. The maximum atomic E-state index is 11.8. The summed E-state index contributed by atoms with van der Waals surface area (Å²) in [7, 11) is 1.24. The standard InChI is InChI=1S/C18H20O4/c1-18(16(19)17(20)21-2,15-11-7-4-8-12-15)22-13-14-9-5-3-6-10-14/h3-12,16,19H,13H2,1-2H3. The number of methoxy groups -OCH3 is 1. The van der Waals surface area contributed by atoms with Gasteiger partial charge in [-0.05, 0) is 18.1 Å². The second-order valence-electron chi connectivity index (χ2n) is 5.17. The van der Waals surface area contributed by atoms with Crippen LogP contribution in [0.25, 0.3) is 0 Å². The van der Waals surface area contributed by atoms with E-state index in [1.54, 1.807) is 6.92 Å². The second kappa shape index (κ2) is 7.20. The summed E-state index contributed by atoms with van der Waals surface area (Å²) in [6.07, 6.45) is -1.41. The largest absolute Gasteiger partial charge is 0.467 e. The van der Waals surface area contributed by atoms with Gasteiger partial charge in [-0.25, -0.2) is 4.79 Å². The van der Waals surface area contributed by atoms with Crippen LogP contribution in [-0.2, 0) is 26.5 Å². The van der Waals surface area contributed by atoms with Crippen molar-refractivity contribution in [1.29, 1.82) is 0 Å². The molecule has 4 nitrogen and oxygen atoms in total. The van der Waals surface area contributed by atoms with Crippen molar-refractivity contribution in [2.45, 2.75) is 25.2 Å². The van der Waals surface area contributed by atoms with E-state index in [0.29, 0.717) is 5.56 Å². The Morgan fingerprint density at radius 3 is 2.18 bits per heavy atom. The van der Waals surface area contributed by atoms with Gasteiger partial charge < -0.3 is 14.6 Å². The molecule has 0 radical (unpaired) electrons. The number of benzene rings is 2. The number of hydrogen-bond acceptors (Lipinski definition) is 4. The molecule has 2 rings (SSSR count). The minimum Gasteiger partial charge on any atom is -0.467 e. The van der Waals surface area contributed by atoms with E-state index in [-0.39, 0.29) is 6.61 Å². The number of carbonyl (C=O) groups excluding carboxylic acids is 1. The van der Waals surface area contributed by atoms with E-state index in [0.717, 1.165) is 5.56 Å². The van der Waals surface area contributed by atoms with Crippen LogP contribution in [0.4, 0.5) is 0 Å². The summed E-state index contributed by atoms with van der Waals surface area (Å²) in [5, 5.41) is 10.4. The molecular weight excluding hydrogens is 280 g/mol. The van der Waals surface area contributed by atoms with E-state index in [2.05, 4.69) is 4.74 Å². The summed E-state index contributed by atoms with van der Waals surface area (Å²) >= 11 is 0. The Bertz CT molecular complexity index is 597. The van der Waals surface area contributed by atoms with Crippen molar-refractivity contribution in [2.24, 2.45) is 0 Å². The van der Waals surface area contributed by atoms with Gasteiger partial charge in [-0.1, -0.05) is 60.7 Å². The fourth-order valence-electron chi connectivity index (χ4n) is 2.23. The van der Waals surface area contributed by atoms with Gasteiger partial charge in [-0.2, -0.15) is 0 Å². The molecule has 116 valence electrons. The zero-order valence-corrected chi connectivity index (χ0v) is 12.7. The number of aliphatic hydroxyl groups is 1. The maximum Gasteiger partial charge on any atom is 0.338 e. The molecule has 0 aliphatic rings. The highest BCUT2D eigenvalue weighted by molar-refractivity contribution is 5.76. The maximum absolute atomic E-state index is 11.8. The van der Waals surface area contributed by atoms with E-state index >= 15 is 0 Å². The van der Waals surface area contributed by atoms with Crippen molar-refractivity contribution >= 4 is 5.97 Å². The lowest BCUT2D eigenvalue weighted by Gasteiger charge is -2.33. The lowest BCUT2D eigenvalue weighted by atomic mass is 9.89. The van der Waals surface area contributed by atoms with Gasteiger partial charge in [-0.3, -0.25) is 0 Å². The topological polar surface area (TPSA) is 55.8 Å². The smallest absolute Gasteiger partial charge is 0.338 e. The third-order valence-electron chi connectivity index (χ3n) is 3.67. The minimum absolute atomic E-state index is 0.278. The van der Waals surface area contributed by atoms with E-state index < -0.39 is 17.7 Å². The lowest BCUT2D eigenvalue weighted by molar-refractivity contribution is -0.177. The normalized spacial score (nSPS) is 14.9. The number of hydrogen-bond donors (Lipinski definition) is 1. The SMILES string of the molecule is COC(=O)C(O)C(C)(OCc1ccccc1)c1ccccc1. The Hall–Kier alpha value is -2.17. The predicted octanol–water partition coefficient (Wildman–Crippen LogP) is 2.65. The van der Waals surface area contributed by atoms with Crippen molar-refractivity contribution in [2.75, 3.05) is 7.11 Å². The zero-order valence-electron chi connectivity index (χ0n) is 12.7. The Kier molecular flexibility index (Phi) is 5.31. The predicted molar refractivity (Wildman–Crippen MR) is 83.0 cm³/mol. The number of aliphatic hydroxyl groups excluding tert-OH is 1. The van der Waals surface area contributed by atoms with Crippen molar-refractivity contribution in [3.63, 3.8) is 0 Å². The molecule has 0 saturated carbocycles. The van der Waals surface area contributed by atoms with E-state index in [1.165, 1.54) is 7.11 Å². The van der Waals surface area contributed by atoms with Crippen LogP contribution in [0, 0.1) is 0 Å². The van der Waals surface area contributed by atoms with Crippen molar-refractivity contribution in [3.05, 3.63) is 71.8 Å². The number of esters is 1. The first-order chi connectivity index (χ1) is 10.6. The third kappa shape index (κ3) is 3.53. The molecule has 0 heterocycles. The first-order valence-electron chi connectivity index (χ1n) is 7.07. The quantitative estimate of drug-likeness (QED) is 0.833. The molecule has 1 N–H and O–H groups in total. The molecule has 2 unspecified atom stereocenters. The third-order valence-corrected chi connectivity index (χ3v) is 3.67. The summed E-state index contributed by atoms with van der Waals surface area (Å²) in [5.41, 5.74) is 0.482. The summed E-state index contributed by atoms with van der Waals surface area (Å²) < 4.78 is 10.6. The Labute approximate surface area is 130 Å². The minimum atomic E-state index is -1.41. The van der Waals surface area contributed by atoms with Crippen LogP contribution in [0.1, 0.15) is 18.1 Å². The fourth-order valence-corrected chi connectivity index (χ4v) is 2.23. The molecule has 0 aliphatic carbocycles. The number of carbonyl (C=O) groups is 1. The molecule has 0 saturated heterocycles. The van der Waals surface area contributed by atoms with Crippen LogP contribution < -0.4 is 0 Å². The monoisotopic (exact) mass is 300 g/mol. The summed E-state index contributed by atoms with van der Waals surface area (Å²) in [6, 6.07) is 18.8. The van der Waals surface area contributed by atoms with Crippen LogP contribution in [-0.4, -0.2) is 24.3 Å². The molecule has 0 fully saturated rings. The van der Waals surface area contributed by atoms with Crippen molar-refractivity contribution in [1.82, 2.24) is 0 Å². The highest BCUT2D eigenvalue weighted by Crippen LogP contribution is 2.31. The molecule has 2 atom stereocenters. The highest BCUT2D eigenvalue weighted by atomic mass is 16.6. The van der Waals surface area contributed by atoms with Crippen LogP contribution in [0.15, 0.2) is 60.7 Å². The van der Waals surface area contributed by atoms with Crippen molar-refractivity contribution in [3.8, 4) is 0 Å². The molecule has 4 heteroatoms. The highest BCUT2D eigenvalue weighted by Gasteiger charge is 2.41. The first kappa shape index (κ1) is 16.2. The molecule has 2 aromatic rings. The van der Waals surface area contributed by atoms with Gasteiger partial charge in [-0.15, -0.1) is 0 Å². The van der Waals surface area contributed by atoms with Crippen LogP contribution in [0.3, 0.4) is 0 Å². The Balaban J connectivity index is 2.27. The zero-order chi connectivity index (χ0) is 16.0. The second-order valence-corrected chi connectivity index (χ2v) is 5.17. The van der Waals surface area contributed by atoms with Crippen molar-refractivity contribution < 1.29 is 19.4 Å². The average Bonchev–Trinajstić information content (AvgIpc) is 2.60. The molecule has 22 heavy (non-hydrogen) atoms. The average molecular weight is 300 g/mol. The fraction of sp³-hybridized carbons (Fsp3) is 0.278. The van der Waals surface area contributed by atoms with Gasteiger partial charge in [0.2, 0.25) is 0 Å². The van der Waals surface area contributed by atoms with Gasteiger partial charge in [0, 0.05) is 0 Å². The lowest BCUT2D eigenvalue weighted by Crippen LogP contribution is -2.45. The van der Waals surface area contributed by atoms with E-state index in [1.807, 2.05) is 60.7 Å². The molecule has 0 amide bonds. The van der Waals surface area contributed by atoms with Gasteiger partial charge in [0.1, 0.15) is 5.60 Å². The summed E-state index contributed by atoms with van der Waals surface area (Å²) in [4.78, 5) is 11.8. The Morgan fingerprint density at radius 2 is 1.64 bits per heavy atom. The van der Waals surface area contributed by atoms with Crippen LogP contribution >= 0.6 is 0 Å². The first-order valence-corrected chi connectivity index (χ1v) is 7.07. The Morgan fingerprint density at radius 1 is 1.09 bits per heavy atom. The summed E-state index contributed by atoms with van der Waals surface area (Å²) in [5.74, 6) is -0.723. The van der Waals surface area contributed by atoms with Crippen LogP contribution in [0.5, 0.6) is 0 Å². The van der Waals surface area contributed by atoms with Gasteiger partial charge >= 0.3 is 5.97 Å². The molecule has 0 aromatic heterocycles. The molecular formula is C18H20O4. The van der Waals surface area contributed by atoms with E-state index in [9.17, 15) is 9.90 Å². The molecule has 0 spiro atoms. The van der Waals surface area contributed by atoms with Gasteiger partial charge in [0.25, 0.3) is 0 Å². The molecule has 0 bridgehead atoms. The van der Waals surface area contributed by atoms with E-state index in [4.69, 9.17) is 4.74 Å². The number of ether oxygens (including phenoxy) is 2. The van der Waals surface area contributed by atoms with Gasteiger partial charge in [0.15, 0.2) is 6.10 Å².